The van der Waals surface area contributed by atoms with Crippen molar-refractivity contribution in [2.75, 3.05) is 0 Å². The Bertz CT molecular complexity index is 841. The second-order valence-corrected chi connectivity index (χ2v) is 5.47. The Hall–Kier alpha value is -2.36. The van der Waals surface area contributed by atoms with Gasteiger partial charge in [-0.3, -0.25) is 4.79 Å². The van der Waals surface area contributed by atoms with Crippen LogP contribution >= 0.6 is 0 Å². The Labute approximate surface area is 123 Å². The molecule has 2 aromatic heterocycles. The molecule has 0 aliphatic rings. The van der Waals surface area contributed by atoms with Crippen molar-refractivity contribution in [2.45, 2.75) is 33.6 Å². The number of rotatable bonds is 3. The van der Waals surface area contributed by atoms with Gasteiger partial charge in [-0.2, -0.15) is 5.10 Å². The van der Waals surface area contributed by atoms with Crippen molar-refractivity contribution in [1.29, 1.82) is 0 Å². The summed E-state index contributed by atoms with van der Waals surface area (Å²) in [6, 6.07) is 9.83. The standard InChI is InChI=1S/C17H19N3O/c1-4-5-13-10-15(21)16-12(3)19-20(17(16)18-13)14-8-6-11(2)7-9-14/h6-10H,4-5H2,1-3H3,(H,18,21). The molecule has 0 aliphatic heterocycles. The summed E-state index contributed by atoms with van der Waals surface area (Å²) in [4.78, 5) is 15.7. The molecular formula is C17H19N3O. The molecule has 4 nitrogen and oxygen atoms in total. The van der Waals surface area contributed by atoms with Crippen LogP contribution in [0, 0.1) is 13.8 Å². The maximum atomic E-state index is 12.3. The van der Waals surface area contributed by atoms with E-state index in [-0.39, 0.29) is 5.43 Å². The minimum atomic E-state index is 0.0445. The van der Waals surface area contributed by atoms with Crippen molar-refractivity contribution in [3.8, 4) is 5.69 Å². The highest BCUT2D eigenvalue weighted by atomic mass is 16.1. The molecule has 1 aromatic carbocycles. The predicted molar refractivity (Wildman–Crippen MR) is 85.2 cm³/mol. The van der Waals surface area contributed by atoms with Gasteiger partial charge in [0.15, 0.2) is 5.43 Å². The van der Waals surface area contributed by atoms with Crippen LogP contribution < -0.4 is 5.43 Å². The summed E-state index contributed by atoms with van der Waals surface area (Å²) < 4.78 is 1.82. The Kier molecular flexibility index (Phi) is 3.37. The molecule has 108 valence electrons. The lowest BCUT2D eigenvalue weighted by molar-refractivity contribution is 0.854. The molecule has 0 fully saturated rings. The van der Waals surface area contributed by atoms with Gasteiger partial charge in [-0.1, -0.05) is 31.0 Å². The Morgan fingerprint density at radius 2 is 1.90 bits per heavy atom. The summed E-state index contributed by atoms with van der Waals surface area (Å²) in [5, 5.41) is 5.21. The lowest BCUT2D eigenvalue weighted by atomic mass is 10.2. The van der Waals surface area contributed by atoms with E-state index in [9.17, 15) is 4.79 Å². The van der Waals surface area contributed by atoms with Crippen molar-refractivity contribution in [1.82, 2.24) is 14.8 Å². The second-order valence-electron chi connectivity index (χ2n) is 5.47. The van der Waals surface area contributed by atoms with Crippen LogP contribution in [0.4, 0.5) is 0 Å². The predicted octanol–water partition coefficient (Wildman–Crippen LogP) is 3.28. The average molecular weight is 281 g/mol. The molecular weight excluding hydrogens is 262 g/mol. The molecule has 0 bridgehead atoms. The highest BCUT2D eigenvalue weighted by Crippen LogP contribution is 2.18. The number of benzene rings is 1. The van der Waals surface area contributed by atoms with E-state index in [4.69, 9.17) is 0 Å². The third kappa shape index (κ3) is 2.37. The summed E-state index contributed by atoms with van der Waals surface area (Å²) in [7, 11) is 0. The molecule has 3 aromatic rings. The van der Waals surface area contributed by atoms with Crippen molar-refractivity contribution in [3.63, 3.8) is 0 Å². The number of nitrogens with zero attached hydrogens (tertiary/aromatic N) is 2. The third-order valence-corrected chi connectivity index (χ3v) is 3.69. The molecule has 0 unspecified atom stereocenters. The van der Waals surface area contributed by atoms with E-state index in [1.165, 1.54) is 5.56 Å². The maximum Gasteiger partial charge on any atom is 0.193 e. The van der Waals surface area contributed by atoms with E-state index in [2.05, 4.69) is 23.9 Å². The van der Waals surface area contributed by atoms with Gasteiger partial charge in [0.25, 0.3) is 0 Å². The Morgan fingerprint density at radius 3 is 2.57 bits per heavy atom. The number of hydrogen-bond acceptors (Lipinski definition) is 2. The highest BCUT2D eigenvalue weighted by molar-refractivity contribution is 5.79. The summed E-state index contributed by atoms with van der Waals surface area (Å²) in [6.45, 7) is 6.03. The largest absolute Gasteiger partial charge is 0.343 e. The summed E-state index contributed by atoms with van der Waals surface area (Å²) in [5.74, 6) is 0. The van der Waals surface area contributed by atoms with Gasteiger partial charge in [0.2, 0.25) is 0 Å². The van der Waals surface area contributed by atoms with Crippen molar-refractivity contribution in [3.05, 3.63) is 57.5 Å². The summed E-state index contributed by atoms with van der Waals surface area (Å²) >= 11 is 0. The first kappa shape index (κ1) is 13.6. The number of aromatic nitrogens is 3. The average Bonchev–Trinajstić information content (AvgIpc) is 2.78. The van der Waals surface area contributed by atoms with E-state index in [1.807, 2.05) is 35.9 Å². The first-order chi connectivity index (χ1) is 10.1. The Balaban J connectivity index is 2.28. The van der Waals surface area contributed by atoms with Crippen LogP contribution in [0.1, 0.15) is 30.3 Å². The van der Waals surface area contributed by atoms with E-state index in [0.717, 1.165) is 35.6 Å². The number of hydrogen-bond donors (Lipinski definition) is 1. The van der Waals surface area contributed by atoms with Crippen LogP contribution in [-0.4, -0.2) is 14.8 Å². The lowest BCUT2D eigenvalue weighted by Crippen LogP contribution is -2.06. The zero-order valence-corrected chi connectivity index (χ0v) is 12.6. The van der Waals surface area contributed by atoms with Gasteiger partial charge in [0.1, 0.15) is 5.65 Å². The fourth-order valence-electron chi connectivity index (χ4n) is 2.63. The molecule has 21 heavy (non-hydrogen) atoms. The summed E-state index contributed by atoms with van der Waals surface area (Å²) in [6.07, 6.45) is 1.86. The quantitative estimate of drug-likeness (QED) is 0.801. The molecule has 0 aliphatic carbocycles. The van der Waals surface area contributed by atoms with Gasteiger partial charge >= 0.3 is 0 Å². The molecule has 0 atom stereocenters. The van der Waals surface area contributed by atoms with Gasteiger partial charge in [-0.15, -0.1) is 0 Å². The minimum absolute atomic E-state index is 0.0445. The molecule has 2 heterocycles. The first-order valence-corrected chi connectivity index (χ1v) is 7.28. The van der Waals surface area contributed by atoms with Crippen molar-refractivity contribution >= 4 is 11.0 Å². The summed E-state index contributed by atoms with van der Waals surface area (Å²) in [5.41, 5.74) is 4.71. The van der Waals surface area contributed by atoms with Crippen molar-refractivity contribution < 1.29 is 0 Å². The van der Waals surface area contributed by atoms with Gasteiger partial charge < -0.3 is 4.98 Å². The van der Waals surface area contributed by atoms with Crippen LogP contribution in [0.2, 0.25) is 0 Å². The molecule has 0 saturated carbocycles. The molecule has 4 heteroatoms. The molecule has 0 spiro atoms. The zero-order valence-electron chi connectivity index (χ0n) is 12.6. The van der Waals surface area contributed by atoms with Gasteiger partial charge in [0, 0.05) is 11.8 Å². The van der Waals surface area contributed by atoms with E-state index < -0.39 is 0 Å². The van der Waals surface area contributed by atoms with Crippen LogP contribution in [0.3, 0.4) is 0 Å². The minimum Gasteiger partial charge on any atom is -0.343 e. The maximum absolute atomic E-state index is 12.3. The Morgan fingerprint density at radius 1 is 1.19 bits per heavy atom. The number of aromatic amines is 1. The van der Waals surface area contributed by atoms with Crippen LogP contribution in [-0.2, 0) is 6.42 Å². The topological polar surface area (TPSA) is 50.7 Å². The number of fused-ring (bicyclic) bond motifs is 1. The van der Waals surface area contributed by atoms with E-state index >= 15 is 0 Å². The van der Waals surface area contributed by atoms with Gasteiger partial charge in [-0.05, 0) is 32.4 Å². The van der Waals surface area contributed by atoms with Crippen LogP contribution in [0.25, 0.3) is 16.7 Å². The fourth-order valence-corrected chi connectivity index (χ4v) is 2.63. The number of aryl methyl sites for hydroxylation is 3. The first-order valence-electron chi connectivity index (χ1n) is 7.28. The van der Waals surface area contributed by atoms with Gasteiger partial charge in [-0.25, -0.2) is 4.68 Å². The second kappa shape index (κ2) is 5.20. The number of H-pyrrole nitrogens is 1. The SMILES string of the molecule is CCCc1cc(=O)c2c(C)nn(-c3ccc(C)cc3)c2[nH]1. The normalized spacial score (nSPS) is 11.2. The highest BCUT2D eigenvalue weighted by Gasteiger charge is 2.13. The molecule has 3 rings (SSSR count). The van der Waals surface area contributed by atoms with E-state index in [0.29, 0.717) is 5.39 Å². The molecule has 0 amide bonds. The number of pyridine rings is 1. The molecule has 0 radical (unpaired) electrons. The zero-order chi connectivity index (χ0) is 15.0. The monoisotopic (exact) mass is 281 g/mol. The fraction of sp³-hybridized carbons (Fsp3) is 0.294. The number of nitrogens with one attached hydrogen (secondary N) is 1. The molecule has 1 N–H and O–H groups in total. The smallest absolute Gasteiger partial charge is 0.193 e. The van der Waals surface area contributed by atoms with Gasteiger partial charge in [0.05, 0.1) is 16.8 Å². The van der Waals surface area contributed by atoms with Crippen LogP contribution in [0.15, 0.2) is 35.1 Å². The third-order valence-electron chi connectivity index (χ3n) is 3.69. The van der Waals surface area contributed by atoms with E-state index in [1.54, 1.807) is 6.07 Å². The molecule has 0 saturated heterocycles. The van der Waals surface area contributed by atoms with Crippen molar-refractivity contribution in [2.24, 2.45) is 0 Å². The van der Waals surface area contributed by atoms with Crippen LogP contribution in [0.5, 0.6) is 0 Å². The lowest BCUT2D eigenvalue weighted by Gasteiger charge is -2.05.